The molecule has 0 spiro atoms. The van der Waals surface area contributed by atoms with Crippen LogP contribution in [0.3, 0.4) is 0 Å². The SMILES string of the molecule is O=C(Nc1cc([N+](=O)[O-])ccc1C(=O)O)c1cnsn1. The molecule has 2 N–H and O–H groups in total. The number of carboxylic acid groups (broad SMARTS) is 1. The minimum absolute atomic E-state index is 0.00200. The Balaban J connectivity index is 2.37. The summed E-state index contributed by atoms with van der Waals surface area (Å²) in [5, 5.41) is 21.9. The Bertz CT molecular complexity index is 685. The number of carbonyl (C=O) groups excluding carboxylic acids is 1. The van der Waals surface area contributed by atoms with E-state index in [0.29, 0.717) is 0 Å². The smallest absolute Gasteiger partial charge is 0.337 e. The zero-order chi connectivity index (χ0) is 14.7. The van der Waals surface area contributed by atoms with E-state index in [-0.39, 0.29) is 22.6 Å². The van der Waals surface area contributed by atoms with Gasteiger partial charge in [-0.1, -0.05) is 0 Å². The van der Waals surface area contributed by atoms with E-state index in [0.717, 1.165) is 29.9 Å². The second-order valence-electron chi connectivity index (χ2n) is 3.54. The molecule has 9 nitrogen and oxygen atoms in total. The summed E-state index contributed by atoms with van der Waals surface area (Å²) in [4.78, 5) is 32.8. The van der Waals surface area contributed by atoms with Crippen molar-refractivity contribution in [2.75, 3.05) is 5.32 Å². The summed E-state index contributed by atoms with van der Waals surface area (Å²) in [6, 6.07) is 3.07. The number of aromatic carboxylic acids is 1. The Morgan fingerprint density at radius 1 is 1.40 bits per heavy atom. The molecule has 1 amide bonds. The van der Waals surface area contributed by atoms with Gasteiger partial charge in [0.15, 0.2) is 5.69 Å². The molecule has 0 bridgehead atoms. The number of hydrogen-bond donors (Lipinski definition) is 2. The van der Waals surface area contributed by atoms with Gasteiger partial charge in [-0.25, -0.2) is 4.79 Å². The van der Waals surface area contributed by atoms with Crippen molar-refractivity contribution in [1.82, 2.24) is 8.75 Å². The standard InChI is InChI=1S/C10H6N4O5S/c15-9(8-4-11-20-13-8)12-7-3-5(14(18)19)1-2-6(7)10(16)17/h1-4H,(H,12,15)(H,16,17). The molecular formula is C10H6N4O5S. The van der Waals surface area contributed by atoms with E-state index in [1.807, 2.05) is 0 Å². The van der Waals surface area contributed by atoms with E-state index in [1.165, 1.54) is 6.20 Å². The third-order valence-corrected chi connectivity index (χ3v) is 2.76. The van der Waals surface area contributed by atoms with Crippen molar-refractivity contribution >= 4 is 35.0 Å². The number of non-ortho nitro benzene ring substituents is 1. The number of hydrogen-bond acceptors (Lipinski definition) is 7. The maximum Gasteiger partial charge on any atom is 0.337 e. The molecule has 2 aromatic rings. The molecule has 0 unspecified atom stereocenters. The molecule has 10 heteroatoms. The maximum atomic E-state index is 11.8. The number of benzene rings is 1. The Morgan fingerprint density at radius 2 is 2.15 bits per heavy atom. The molecule has 1 heterocycles. The minimum atomic E-state index is -1.31. The van der Waals surface area contributed by atoms with Gasteiger partial charge >= 0.3 is 5.97 Å². The second-order valence-corrected chi connectivity index (χ2v) is 4.10. The first-order valence-corrected chi connectivity index (χ1v) is 5.82. The van der Waals surface area contributed by atoms with Crippen molar-refractivity contribution in [3.63, 3.8) is 0 Å². The molecule has 0 saturated carbocycles. The second kappa shape index (κ2) is 5.40. The van der Waals surface area contributed by atoms with Crippen LogP contribution in [0.5, 0.6) is 0 Å². The van der Waals surface area contributed by atoms with Gasteiger partial charge in [0.25, 0.3) is 11.6 Å². The van der Waals surface area contributed by atoms with E-state index < -0.39 is 16.8 Å². The summed E-state index contributed by atoms with van der Waals surface area (Å²) in [5.41, 5.74) is -0.767. The van der Waals surface area contributed by atoms with Crippen LogP contribution in [-0.2, 0) is 0 Å². The number of carboxylic acids is 1. The van der Waals surface area contributed by atoms with E-state index in [2.05, 4.69) is 14.1 Å². The van der Waals surface area contributed by atoms with Gasteiger partial charge in [-0.15, -0.1) is 0 Å². The number of anilines is 1. The van der Waals surface area contributed by atoms with Crippen LogP contribution in [0.2, 0.25) is 0 Å². The van der Waals surface area contributed by atoms with Crippen molar-refractivity contribution < 1.29 is 19.6 Å². The molecule has 0 radical (unpaired) electrons. The number of amides is 1. The predicted molar refractivity (Wildman–Crippen MR) is 67.9 cm³/mol. The topological polar surface area (TPSA) is 135 Å². The molecule has 102 valence electrons. The molecule has 20 heavy (non-hydrogen) atoms. The minimum Gasteiger partial charge on any atom is -0.478 e. The van der Waals surface area contributed by atoms with E-state index >= 15 is 0 Å². The molecule has 0 saturated heterocycles. The first-order valence-electron chi connectivity index (χ1n) is 5.09. The summed E-state index contributed by atoms with van der Waals surface area (Å²) >= 11 is 0.812. The molecule has 2 rings (SSSR count). The summed E-state index contributed by atoms with van der Waals surface area (Å²) in [7, 11) is 0. The van der Waals surface area contributed by atoms with Crippen LogP contribution in [-0.4, -0.2) is 30.7 Å². The Morgan fingerprint density at radius 3 is 2.70 bits per heavy atom. The van der Waals surface area contributed by atoms with E-state index in [4.69, 9.17) is 5.11 Å². The van der Waals surface area contributed by atoms with Gasteiger partial charge in [0.05, 0.1) is 34.1 Å². The van der Waals surface area contributed by atoms with Gasteiger partial charge in [0.2, 0.25) is 0 Å². The van der Waals surface area contributed by atoms with Crippen molar-refractivity contribution in [2.45, 2.75) is 0 Å². The van der Waals surface area contributed by atoms with Crippen LogP contribution in [0.1, 0.15) is 20.8 Å². The third kappa shape index (κ3) is 2.75. The highest BCUT2D eigenvalue weighted by Gasteiger charge is 2.18. The molecule has 0 aliphatic carbocycles. The lowest BCUT2D eigenvalue weighted by molar-refractivity contribution is -0.384. The van der Waals surface area contributed by atoms with Gasteiger partial charge in [-0.3, -0.25) is 14.9 Å². The summed E-state index contributed by atoms with van der Waals surface area (Å²) in [6.45, 7) is 0. The summed E-state index contributed by atoms with van der Waals surface area (Å²) < 4.78 is 7.31. The van der Waals surface area contributed by atoms with Crippen molar-refractivity contribution in [2.24, 2.45) is 0 Å². The van der Waals surface area contributed by atoms with Crippen molar-refractivity contribution in [3.05, 3.63) is 45.8 Å². The highest BCUT2D eigenvalue weighted by Crippen LogP contribution is 2.23. The van der Waals surface area contributed by atoms with Crippen LogP contribution in [0.25, 0.3) is 0 Å². The number of carbonyl (C=O) groups is 2. The number of nitro benzene ring substituents is 1. The number of aromatic nitrogens is 2. The van der Waals surface area contributed by atoms with Gasteiger partial charge < -0.3 is 10.4 Å². The third-order valence-electron chi connectivity index (χ3n) is 2.29. The fraction of sp³-hybridized carbons (Fsp3) is 0. The fourth-order valence-corrected chi connectivity index (χ4v) is 1.80. The van der Waals surface area contributed by atoms with Crippen LogP contribution in [0.4, 0.5) is 11.4 Å². The number of nitro groups is 1. The quantitative estimate of drug-likeness (QED) is 0.642. The molecule has 0 atom stereocenters. The first kappa shape index (κ1) is 13.5. The monoisotopic (exact) mass is 294 g/mol. The Labute approximate surface area is 115 Å². The summed E-state index contributed by atoms with van der Waals surface area (Å²) in [6.07, 6.45) is 1.21. The lowest BCUT2D eigenvalue weighted by atomic mass is 10.1. The average molecular weight is 294 g/mol. The first-order chi connectivity index (χ1) is 9.49. The molecule has 1 aromatic heterocycles. The molecule has 0 aliphatic heterocycles. The van der Waals surface area contributed by atoms with Gasteiger partial charge in [0.1, 0.15) is 0 Å². The Hall–Kier alpha value is -2.88. The highest BCUT2D eigenvalue weighted by molar-refractivity contribution is 6.99. The average Bonchev–Trinajstić information content (AvgIpc) is 2.92. The zero-order valence-electron chi connectivity index (χ0n) is 9.64. The van der Waals surface area contributed by atoms with Crippen molar-refractivity contribution in [3.8, 4) is 0 Å². The van der Waals surface area contributed by atoms with Crippen molar-refractivity contribution in [1.29, 1.82) is 0 Å². The Kier molecular flexibility index (Phi) is 3.66. The van der Waals surface area contributed by atoms with Crippen LogP contribution in [0, 0.1) is 10.1 Å². The largest absolute Gasteiger partial charge is 0.478 e. The van der Waals surface area contributed by atoms with Crippen LogP contribution in [0.15, 0.2) is 24.4 Å². The predicted octanol–water partition coefficient (Wildman–Crippen LogP) is 1.40. The van der Waals surface area contributed by atoms with Crippen LogP contribution >= 0.6 is 11.7 Å². The molecule has 1 aromatic carbocycles. The van der Waals surface area contributed by atoms with Gasteiger partial charge in [-0.05, 0) is 6.07 Å². The summed E-state index contributed by atoms with van der Waals surface area (Å²) in [5.74, 6) is -2.01. The maximum absolute atomic E-state index is 11.8. The molecule has 0 fully saturated rings. The molecule has 0 aliphatic rings. The normalized spacial score (nSPS) is 10.0. The molecular weight excluding hydrogens is 288 g/mol. The van der Waals surface area contributed by atoms with Crippen LogP contribution < -0.4 is 5.32 Å². The number of nitrogens with zero attached hydrogens (tertiary/aromatic N) is 3. The van der Waals surface area contributed by atoms with Gasteiger partial charge in [0, 0.05) is 12.1 Å². The van der Waals surface area contributed by atoms with Gasteiger partial charge in [-0.2, -0.15) is 8.75 Å². The van der Waals surface area contributed by atoms with E-state index in [9.17, 15) is 19.7 Å². The highest BCUT2D eigenvalue weighted by atomic mass is 32.1. The number of nitrogens with one attached hydrogen (secondary N) is 1. The lowest BCUT2D eigenvalue weighted by Crippen LogP contribution is -2.15. The fourth-order valence-electron chi connectivity index (χ4n) is 1.39. The van der Waals surface area contributed by atoms with E-state index in [1.54, 1.807) is 0 Å². The number of rotatable bonds is 4. The lowest BCUT2D eigenvalue weighted by Gasteiger charge is -2.06. The zero-order valence-corrected chi connectivity index (χ0v) is 10.5.